The summed E-state index contributed by atoms with van der Waals surface area (Å²) in [7, 11) is 0. The fourth-order valence-corrected chi connectivity index (χ4v) is 0.864. The molecule has 62 valence electrons. The van der Waals surface area contributed by atoms with Crippen LogP contribution in [-0.2, 0) is 0 Å². The minimum absolute atomic E-state index is 0.326. The lowest BCUT2D eigenvalue weighted by Gasteiger charge is -2.08. The molecule has 1 aromatic carbocycles. The van der Waals surface area contributed by atoms with Gasteiger partial charge in [-0.25, -0.2) is 0 Å². The van der Waals surface area contributed by atoms with Gasteiger partial charge in [-0.1, -0.05) is 25.1 Å². The Hall–Kier alpha value is -1.49. The molecule has 0 radical (unpaired) electrons. The van der Waals surface area contributed by atoms with Gasteiger partial charge in [-0.2, -0.15) is 5.26 Å². The number of nitriles is 1. The summed E-state index contributed by atoms with van der Waals surface area (Å²) in [5, 5.41) is 8.61. The predicted molar refractivity (Wildman–Crippen MR) is 46.8 cm³/mol. The Morgan fingerprint density at radius 2 is 2.08 bits per heavy atom. The van der Waals surface area contributed by atoms with E-state index in [1.54, 1.807) is 0 Å². The van der Waals surface area contributed by atoms with Crippen LogP contribution >= 0.6 is 0 Å². The lowest BCUT2D eigenvalue weighted by molar-refractivity contribution is 0.252. The second kappa shape index (κ2) is 4.40. The molecule has 1 aromatic rings. The van der Waals surface area contributed by atoms with Crippen molar-refractivity contribution < 1.29 is 4.74 Å². The highest BCUT2D eigenvalue weighted by molar-refractivity contribution is 5.21. The summed E-state index contributed by atoms with van der Waals surface area (Å²) in [6.45, 7) is 1.93. The molecule has 0 heterocycles. The smallest absolute Gasteiger partial charge is 0.184 e. The van der Waals surface area contributed by atoms with Gasteiger partial charge >= 0.3 is 0 Å². The SMILES string of the molecule is CCC(C#N)Oc1ccccc1. The zero-order chi connectivity index (χ0) is 8.81. The zero-order valence-electron chi connectivity index (χ0n) is 7.03. The Morgan fingerprint density at radius 1 is 1.42 bits per heavy atom. The number of ether oxygens (including phenoxy) is 1. The predicted octanol–water partition coefficient (Wildman–Crippen LogP) is 2.37. The molecule has 0 N–H and O–H groups in total. The van der Waals surface area contributed by atoms with Gasteiger partial charge in [0.05, 0.1) is 0 Å². The standard InChI is InChI=1S/C10H11NO/c1-2-9(8-11)12-10-6-4-3-5-7-10/h3-7,9H,2H2,1H3. The number of para-hydroxylation sites is 1. The van der Waals surface area contributed by atoms with E-state index in [1.807, 2.05) is 37.3 Å². The minimum atomic E-state index is -0.326. The molecule has 2 nitrogen and oxygen atoms in total. The van der Waals surface area contributed by atoms with Gasteiger partial charge in [0.25, 0.3) is 0 Å². The van der Waals surface area contributed by atoms with Crippen LogP contribution in [0.5, 0.6) is 5.75 Å². The third-order valence-corrected chi connectivity index (χ3v) is 1.54. The van der Waals surface area contributed by atoms with E-state index in [2.05, 4.69) is 6.07 Å². The maximum Gasteiger partial charge on any atom is 0.184 e. The molecule has 0 aromatic heterocycles. The molecule has 0 aliphatic heterocycles. The molecule has 0 aliphatic carbocycles. The third kappa shape index (κ3) is 2.28. The van der Waals surface area contributed by atoms with Crippen LogP contribution in [0.3, 0.4) is 0 Å². The Balaban J connectivity index is 2.58. The van der Waals surface area contributed by atoms with Crippen molar-refractivity contribution in [1.29, 1.82) is 5.26 Å². The highest BCUT2D eigenvalue weighted by atomic mass is 16.5. The summed E-state index contributed by atoms with van der Waals surface area (Å²) >= 11 is 0. The van der Waals surface area contributed by atoms with Crippen molar-refractivity contribution in [2.75, 3.05) is 0 Å². The van der Waals surface area contributed by atoms with Crippen molar-refractivity contribution in [2.45, 2.75) is 19.4 Å². The minimum Gasteiger partial charge on any atom is -0.476 e. The number of benzene rings is 1. The van der Waals surface area contributed by atoms with Gasteiger partial charge in [0.15, 0.2) is 6.10 Å². The first-order valence-electron chi connectivity index (χ1n) is 3.98. The topological polar surface area (TPSA) is 33.0 Å². The van der Waals surface area contributed by atoms with Gasteiger partial charge in [-0.3, -0.25) is 0 Å². The van der Waals surface area contributed by atoms with Crippen molar-refractivity contribution in [1.82, 2.24) is 0 Å². The first-order valence-corrected chi connectivity index (χ1v) is 3.98. The number of hydrogen-bond acceptors (Lipinski definition) is 2. The van der Waals surface area contributed by atoms with Crippen LogP contribution < -0.4 is 4.74 Å². The highest BCUT2D eigenvalue weighted by Crippen LogP contribution is 2.11. The van der Waals surface area contributed by atoms with E-state index in [0.29, 0.717) is 6.42 Å². The fraction of sp³-hybridized carbons (Fsp3) is 0.300. The van der Waals surface area contributed by atoms with E-state index in [0.717, 1.165) is 5.75 Å². The van der Waals surface area contributed by atoms with Crippen molar-refractivity contribution in [2.24, 2.45) is 0 Å². The van der Waals surface area contributed by atoms with Crippen LogP contribution in [0.2, 0.25) is 0 Å². The quantitative estimate of drug-likeness (QED) is 0.681. The first-order chi connectivity index (χ1) is 5.86. The zero-order valence-corrected chi connectivity index (χ0v) is 7.03. The Morgan fingerprint density at radius 3 is 2.58 bits per heavy atom. The fourth-order valence-electron chi connectivity index (χ4n) is 0.864. The molecule has 2 heteroatoms. The molecular formula is C10H11NO. The first kappa shape index (κ1) is 8.61. The van der Waals surface area contributed by atoms with Crippen LogP contribution in [-0.4, -0.2) is 6.10 Å². The summed E-state index contributed by atoms with van der Waals surface area (Å²) in [5.41, 5.74) is 0. The van der Waals surface area contributed by atoms with E-state index >= 15 is 0 Å². The molecule has 12 heavy (non-hydrogen) atoms. The van der Waals surface area contributed by atoms with Gasteiger partial charge < -0.3 is 4.74 Å². The number of rotatable bonds is 3. The number of hydrogen-bond donors (Lipinski definition) is 0. The highest BCUT2D eigenvalue weighted by Gasteiger charge is 2.03. The van der Waals surface area contributed by atoms with E-state index < -0.39 is 0 Å². The molecule has 0 amide bonds. The van der Waals surface area contributed by atoms with Gasteiger partial charge in [-0.05, 0) is 18.6 Å². The molecule has 1 unspecified atom stereocenters. The van der Waals surface area contributed by atoms with E-state index in [1.165, 1.54) is 0 Å². The van der Waals surface area contributed by atoms with Crippen LogP contribution in [0, 0.1) is 11.3 Å². The Kier molecular flexibility index (Phi) is 3.16. The molecular weight excluding hydrogens is 150 g/mol. The van der Waals surface area contributed by atoms with Crippen molar-refractivity contribution in [3.05, 3.63) is 30.3 Å². The van der Waals surface area contributed by atoms with Gasteiger partial charge in [0, 0.05) is 0 Å². The third-order valence-electron chi connectivity index (χ3n) is 1.54. The Bertz CT molecular complexity index is 263. The average molecular weight is 161 g/mol. The summed E-state index contributed by atoms with van der Waals surface area (Å²) in [4.78, 5) is 0. The van der Waals surface area contributed by atoms with Gasteiger partial charge in [-0.15, -0.1) is 0 Å². The van der Waals surface area contributed by atoms with Gasteiger partial charge in [0.1, 0.15) is 11.8 Å². The van der Waals surface area contributed by atoms with Crippen LogP contribution in [0.25, 0.3) is 0 Å². The second-order valence-electron chi connectivity index (χ2n) is 2.46. The maximum absolute atomic E-state index is 8.61. The second-order valence-corrected chi connectivity index (χ2v) is 2.46. The molecule has 1 atom stereocenters. The molecule has 0 bridgehead atoms. The normalized spacial score (nSPS) is 11.7. The van der Waals surface area contributed by atoms with Crippen molar-refractivity contribution >= 4 is 0 Å². The maximum atomic E-state index is 8.61. The van der Waals surface area contributed by atoms with E-state index in [9.17, 15) is 0 Å². The summed E-state index contributed by atoms with van der Waals surface area (Å²) in [6, 6.07) is 11.5. The summed E-state index contributed by atoms with van der Waals surface area (Å²) in [6.07, 6.45) is 0.387. The van der Waals surface area contributed by atoms with Gasteiger partial charge in [0.2, 0.25) is 0 Å². The van der Waals surface area contributed by atoms with Crippen LogP contribution in [0.4, 0.5) is 0 Å². The molecule has 0 spiro atoms. The molecule has 1 rings (SSSR count). The van der Waals surface area contributed by atoms with E-state index in [4.69, 9.17) is 10.00 Å². The van der Waals surface area contributed by atoms with Crippen LogP contribution in [0.15, 0.2) is 30.3 Å². The van der Waals surface area contributed by atoms with Crippen molar-refractivity contribution in [3.63, 3.8) is 0 Å². The van der Waals surface area contributed by atoms with Crippen molar-refractivity contribution in [3.8, 4) is 11.8 Å². The average Bonchev–Trinajstić information content (AvgIpc) is 2.16. The molecule has 0 saturated heterocycles. The van der Waals surface area contributed by atoms with Crippen LogP contribution in [0.1, 0.15) is 13.3 Å². The molecule has 0 saturated carbocycles. The largest absolute Gasteiger partial charge is 0.476 e. The van der Waals surface area contributed by atoms with E-state index in [-0.39, 0.29) is 6.10 Å². The monoisotopic (exact) mass is 161 g/mol. The summed E-state index contributed by atoms with van der Waals surface area (Å²) < 4.78 is 5.35. The molecule has 0 fully saturated rings. The lowest BCUT2D eigenvalue weighted by Crippen LogP contribution is -2.11. The lowest BCUT2D eigenvalue weighted by atomic mass is 10.3. The number of nitrogens with zero attached hydrogens (tertiary/aromatic N) is 1. The summed E-state index contributed by atoms with van der Waals surface area (Å²) in [5.74, 6) is 0.755. The molecule has 0 aliphatic rings. The Labute approximate surface area is 72.4 Å².